The van der Waals surface area contributed by atoms with E-state index >= 15 is 0 Å². The Morgan fingerprint density at radius 1 is 1.38 bits per heavy atom. The summed E-state index contributed by atoms with van der Waals surface area (Å²) >= 11 is 0. The molecule has 1 aromatic carbocycles. The number of esters is 1. The lowest BCUT2D eigenvalue weighted by Gasteiger charge is -2.09. The van der Waals surface area contributed by atoms with Crippen molar-refractivity contribution in [2.24, 2.45) is 0 Å². The molecule has 21 heavy (non-hydrogen) atoms. The number of carbonyl (C=O) groups excluding carboxylic acids is 1. The van der Waals surface area contributed by atoms with Gasteiger partial charge in [0, 0.05) is 6.07 Å². The van der Waals surface area contributed by atoms with Crippen LogP contribution in [0.3, 0.4) is 0 Å². The van der Waals surface area contributed by atoms with E-state index in [2.05, 4.69) is 14.6 Å². The van der Waals surface area contributed by atoms with Crippen molar-refractivity contribution in [3.63, 3.8) is 0 Å². The van der Waals surface area contributed by atoms with E-state index in [0.29, 0.717) is 11.5 Å². The van der Waals surface area contributed by atoms with Crippen molar-refractivity contribution < 1.29 is 22.5 Å². The lowest BCUT2D eigenvalue weighted by Crippen LogP contribution is -2.25. The fourth-order valence-electron chi connectivity index (χ4n) is 1.72. The van der Waals surface area contributed by atoms with Crippen LogP contribution in [0.4, 0.5) is 0 Å². The molecule has 0 saturated carbocycles. The molecule has 7 nitrogen and oxygen atoms in total. The summed E-state index contributed by atoms with van der Waals surface area (Å²) in [6, 6.07) is 7.43. The molecule has 0 fully saturated rings. The first-order valence-corrected chi connectivity index (χ1v) is 7.51. The zero-order chi connectivity index (χ0) is 15.5. The molecule has 1 N–H and O–H groups in total. The zero-order valence-corrected chi connectivity index (χ0v) is 12.3. The molecule has 0 aliphatic rings. The Kier molecular flexibility index (Phi) is 4.39. The van der Waals surface area contributed by atoms with Crippen molar-refractivity contribution in [3.8, 4) is 0 Å². The van der Waals surface area contributed by atoms with Crippen molar-refractivity contribution in [1.82, 2.24) is 9.88 Å². The fraction of sp³-hybridized carbons (Fsp3) is 0.231. The third-order valence-corrected chi connectivity index (χ3v) is 4.15. The largest absolute Gasteiger partial charge is 0.465 e. The number of carbonyl (C=O) groups is 1. The first-order valence-electron chi connectivity index (χ1n) is 6.03. The summed E-state index contributed by atoms with van der Waals surface area (Å²) in [5.41, 5.74) is 0.625. The maximum Gasteiger partial charge on any atom is 0.339 e. The minimum Gasteiger partial charge on any atom is -0.465 e. The normalized spacial score (nSPS) is 11.3. The lowest BCUT2D eigenvalue weighted by molar-refractivity contribution is 0.0596. The van der Waals surface area contributed by atoms with Crippen LogP contribution in [0.25, 0.3) is 0 Å². The minimum absolute atomic E-state index is 0.0266. The number of ether oxygens (including phenoxy) is 1. The van der Waals surface area contributed by atoms with Gasteiger partial charge in [-0.1, -0.05) is 17.3 Å². The minimum atomic E-state index is -3.87. The monoisotopic (exact) mass is 310 g/mol. The molecule has 1 heterocycles. The second kappa shape index (κ2) is 6.06. The Morgan fingerprint density at radius 3 is 2.71 bits per heavy atom. The molecule has 0 aliphatic carbocycles. The van der Waals surface area contributed by atoms with Gasteiger partial charge in [-0.15, -0.1) is 0 Å². The number of methoxy groups -OCH3 is 1. The Hall–Kier alpha value is -2.19. The van der Waals surface area contributed by atoms with E-state index in [9.17, 15) is 13.2 Å². The van der Waals surface area contributed by atoms with Crippen molar-refractivity contribution in [2.75, 3.05) is 7.11 Å². The molecular weight excluding hydrogens is 296 g/mol. The van der Waals surface area contributed by atoms with E-state index in [1.54, 1.807) is 19.1 Å². The molecule has 8 heteroatoms. The number of nitrogens with one attached hydrogen (secondary N) is 1. The highest BCUT2D eigenvalue weighted by Gasteiger charge is 2.22. The molecule has 2 rings (SSSR count). The van der Waals surface area contributed by atoms with Gasteiger partial charge in [0.1, 0.15) is 0 Å². The van der Waals surface area contributed by atoms with Gasteiger partial charge in [0.15, 0.2) is 5.76 Å². The first-order chi connectivity index (χ1) is 9.94. The van der Waals surface area contributed by atoms with Crippen molar-refractivity contribution in [1.29, 1.82) is 0 Å². The molecule has 0 aliphatic heterocycles. The van der Waals surface area contributed by atoms with Gasteiger partial charge in [0.25, 0.3) is 0 Å². The number of aromatic nitrogens is 1. The van der Waals surface area contributed by atoms with E-state index in [1.807, 2.05) is 0 Å². The SMILES string of the molecule is COC(=O)c1ccccc1S(=O)(=O)NCc1cc(C)no1. The topological polar surface area (TPSA) is 98.5 Å². The highest BCUT2D eigenvalue weighted by molar-refractivity contribution is 7.89. The van der Waals surface area contributed by atoms with Gasteiger partial charge < -0.3 is 9.26 Å². The van der Waals surface area contributed by atoms with E-state index in [-0.39, 0.29) is 17.0 Å². The average molecular weight is 310 g/mol. The smallest absolute Gasteiger partial charge is 0.339 e. The van der Waals surface area contributed by atoms with Crippen LogP contribution in [0.5, 0.6) is 0 Å². The fourth-order valence-corrected chi connectivity index (χ4v) is 2.91. The predicted molar refractivity (Wildman–Crippen MR) is 73.0 cm³/mol. The van der Waals surface area contributed by atoms with Crippen LogP contribution in [0.1, 0.15) is 21.8 Å². The summed E-state index contributed by atoms with van der Waals surface area (Å²) in [5.74, 6) is -0.335. The first kappa shape index (κ1) is 15.2. The van der Waals surface area contributed by atoms with Gasteiger partial charge >= 0.3 is 5.97 Å². The van der Waals surface area contributed by atoms with E-state index < -0.39 is 16.0 Å². The third kappa shape index (κ3) is 3.47. The quantitative estimate of drug-likeness (QED) is 0.834. The molecule has 0 unspecified atom stereocenters. The summed E-state index contributed by atoms with van der Waals surface area (Å²) < 4.78 is 36.4. The Labute approximate surface area is 121 Å². The zero-order valence-electron chi connectivity index (χ0n) is 11.5. The Morgan fingerprint density at radius 2 is 2.10 bits per heavy atom. The van der Waals surface area contributed by atoms with E-state index in [1.165, 1.54) is 25.3 Å². The van der Waals surface area contributed by atoms with Crippen LogP contribution in [0.2, 0.25) is 0 Å². The molecule has 0 amide bonds. The third-order valence-electron chi connectivity index (χ3n) is 2.70. The molecule has 1 aromatic heterocycles. The molecule has 0 atom stereocenters. The Balaban J connectivity index is 2.25. The summed E-state index contributed by atoms with van der Waals surface area (Å²) in [4.78, 5) is 11.5. The van der Waals surface area contributed by atoms with Crippen LogP contribution in [-0.4, -0.2) is 26.7 Å². The van der Waals surface area contributed by atoms with Gasteiger partial charge in [-0.05, 0) is 19.1 Å². The maximum absolute atomic E-state index is 12.3. The van der Waals surface area contributed by atoms with Crippen LogP contribution >= 0.6 is 0 Å². The summed E-state index contributed by atoms with van der Waals surface area (Å²) in [6.45, 7) is 1.67. The molecule has 112 valence electrons. The number of hydrogen-bond donors (Lipinski definition) is 1. The number of aryl methyl sites for hydroxylation is 1. The van der Waals surface area contributed by atoms with Gasteiger partial charge in [-0.3, -0.25) is 0 Å². The molecule has 0 saturated heterocycles. The number of hydrogen-bond acceptors (Lipinski definition) is 6. The van der Waals surface area contributed by atoms with E-state index in [0.717, 1.165) is 0 Å². The number of rotatable bonds is 5. The highest BCUT2D eigenvalue weighted by atomic mass is 32.2. The van der Waals surface area contributed by atoms with E-state index in [4.69, 9.17) is 4.52 Å². The summed E-state index contributed by atoms with van der Waals surface area (Å²) in [7, 11) is -2.68. The van der Waals surface area contributed by atoms with Crippen molar-refractivity contribution >= 4 is 16.0 Å². The molecule has 0 radical (unpaired) electrons. The number of benzene rings is 1. The Bertz CT molecular complexity index is 751. The standard InChI is InChI=1S/C13H14N2O5S/c1-9-7-10(20-15-9)8-14-21(17,18)12-6-4-3-5-11(12)13(16)19-2/h3-7,14H,8H2,1-2H3. The molecule has 0 bridgehead atoms. The average Bonchev–Trinajstić information content (AvgIpc) is 2.90. The van der Waals surface area contributed by atoms with Crippen LogP contribution in [-0.2, 0) is 21.3 Å². The van der Waals surface area contributed by atoms with Gasteiger partial charge in [-0.25, -0.2) is 17.9 Å². The van der Waals surface area contributed by atoms with Crippen LogP contribution < -0.4 is 4.72 Å². The molecule has 0 spiro atoms. The summed E-state index contributed by atoms with van der Waals surface area (Å²) in [5, 5.41) is 3.67. The second-order valence-corrected chi connectivity index (χ2v) is 5.98. The van der Waals surface area contributed by atoms with Crippen molar-refractivity contribution in [3.05, 3.63) is 47.3 Å². The molecule has 2 aromatic rings. The maximum atomic E-state index is 12.3. The van der Waals surface area contributed by atoms with Gasteiger partial charge in [0.2, 0.25) is 10.0 Å². The van der Waals surface area contributed by atoms with Crippen molar-refractivity contribution in [2.45, 2.75) is 18.4 Å². The number of sulfonamides is 1. The number of nitrogens with zero attached hydrogens (tertiary/aromatic N) is 1. The second-order valence-electron chi connectivity index (χ2n) is 4.25. The van der Waals surface area contributed by atoms with Gasteiger partial charge in [-0.2, -0.15) is 0 Å². The van der Waals surface area contributed by atoms with Crippen LogP contribution in [0.15, 0.2) is 39.8 Å². The highest BCUT2D eigenvalue weighted by Crippen LogP contribution is 2.16. The van der Waals surface area contributed by atoms with Crippen LogP contribution in [0, 0.1) is 6.92 Å². The van der Waals surface area contributed by atoms with Gasteiger partial charge in [0.05, 0.1) is 29.8 Å². The lowest BCUT2D eigenvalue weighted by atomic mass is 10.2. The summed E-state index contributed by atoms with van der Waals surface area (Å²) in [6.07, 6.45) is 0. The predicted octanol–water partition coefficient (Wildman–Crippen LogP) is 1.25. The molecular formula is C13H14N2O5S.